The molecule has 0 N–H and O–H groups in total. The lowest BCUT2D eigenvalue weighted by Gasteiger charge is -2.11. The minimum atomic E-state index is 0.881. The van der Waals surface area contributed by atoms with Gasteiger partial charge in [0.1, 0.15) is 5.75 Å². The number of ether oxygens (including phenoxy) is 1. The summed E-state index contributed by atoms with van der Waals surface area (Å²) in [5.41, 5.74) is 7.77. The van der Waals surface area contributed by atoms with E-state index >= 15 is 0 Å². The van der Waals surface area contributed by atoms with Gasteiger partial charge in [-0.25, -0.2) is 0 Å². The lowest BCUT2D eigenvalue weighted by Crippen LogP contribution is -1.93. The van der Waals surface area contributed by atoms with E-state index in [2.05, 4.69) is 90.6 Å². The summed E-state index contributed by atoms with van der Waals surface area (Å²) in [5.74, 6) is 0.881. The van der Waals surface area contributed by atoms with E-state index in [0.29, 0.717) is 0 Å². The quantitative estimate of drug-likeness (QED) is 0.398. The maximum Gasteiger partial charge on any atom is 0.118 e. The summed E-state index contributed by atoms with van der Waals surface area (Å²) in [7, 11) is 3.85. The van der Waals surface area contributed by atoms with Crippen molar-refractivity contribution >= 4 is 0 Å². The van der Waals surface area contributed by atoms with E-state index in [1.807, 2.05) is 12.1 Å². The smallest absolute Gasteiger partial charge is 0.118 e. The summed E-state index contributed by atoms with van der Waals surface area (Å²) in [5, 5.41) is 0. The number of hydrogen-bond acceptors (Lipinski definition) is 1. The van der Waals surface area contributed by atoms with Crippen molar-refractivity contribution in [3.05, 3.63) is 102 Å². The molecule has 0 aliphatic heterocycles. The summed E-state index contributed by atoms with van der Waals surface area (Å²) in [4.78, 5) is 0. The Morgan fingerprint density at radius 3 is 2.00 bits per heavy atom. The minimum absolute atomic E-state index is 0.881. The molecule has 0 saturated heterocycles. The van der Waals surface area contributed by atoms with Crippen LogP contribution in [0.3, 0.4) is 0 Å². The normalized spacial score (nSPS) is 10.8. The monoisotopic (exact) mass is 367 g/mol. The van der Waals surface area contributed by atoms with E-state index in [-0.39, 0.29) is 0 Å². The minimum Gasteiger partial charge on any atom is -0.497 e. The number of aromatic nitrogens is 1. The molecule has 0 aliphatic rings. The third-order valence-corrected chi connectivity index (χ3v) is 5.21. The van der Waals surface area contributed by atoms with Crippen molar-refractivity contribution in [2.45, 2.75) is 12.8 Å². The number of hydrogen-bond donors (Lipinski definition) is 0. The highest BCUT2D eigenvalue weighted by molar-refractivity contribution is 5.84. The predicted molar refractivity (Wildman–Crippen MR) is 117 cm³/mol. The Balaban J connectivity index is 1.79. The van der Waals surface area contributed by atoms with Gasteiger partial charge >= 0.3 is 0 Å². The van der Waals surface area contributed by atoms with Crippen LogP contribution in [0.15, 0.2) is 91.1 Å². The van der Waals surface area contributed by atoms with Gasteiger partial charge < -0.3 is 9.30 Å². The van der Waals surface area contributed by atoms with E-state index in [1.165, 1.54) is 33.5 Å². The van der Waals surface area contributed by atoms with Gasteiger partial charge in [-0.2, -0.15) is 0 Å². The third-order valence-electron chi connectivity index (χ3n) is 5.21. The molecular weight excluding hydrogens is 342 g/mol. The van der Waals surface area contributed by atoms with Crippen LogP contribution in [0.4, 0.5) is 0 Å². The third kappa shape index (κ3) is 3.72. The first-order valence-electron chi connectivity index (χ1n) is 9.68. The van der Waals surface area contributed by atoms with Gasteiger partial charge in [-0.05, 0) is 47.2 Å². The van der Waals surface area contributed by atoms with Crippen molar-refractivity contribution in [3.63, 3.8) is 0 Å². The number of aryl methyl sites for hydroxylation is 3. The molecule has 1 heterocycles. The van der Waals surface area contributed by atoms with Crippen molar-refractivity contribution in [1.29, 1.82) is 0 Å². The van der Waals surface area contributed by atoms with Crippen LogP contribution < -0.4 is 4.74 Å². The molecule has 0 radical (unpaired) electrons. The van der Waals surface area contributed by atoms with Gasteiger partial charge in [-0.3, -0.25) is 0 Å². The zero-order valence-electron chi connectivity index (χ0n) is 16.4. The van der Waals surface area contributed by atoms with E-state index in [1.54, 1.807) is 7.11 Å². The van der Waals surface area contributed by atoms with Crippen molar-refractivity contribution < 1.29 is 4.74 Å². The Morgan fingerprint density at radius 1 is 0.714 bits per heavy atom. The maximum absolute atomic E-state index is 5.36. The molecule has 0 spiro atoms. The fourth-order valence-corrected chi connectivity index (χ4v) is 3.83. The molecule has 0 bridgehead atoms. The van der Waals surface area contributed by atoms with Crippen molar-refractivity contribution in [2.75, 3.05) is 7.11 Å². The van der Waals surface area contributed by atoms with Crippen LogP contribution in [-0.4, -0.2) is 11.7 Å². The average molecular weight is 367 g/mol. The fourth-order valence-electron chi connectivity index (χ4n) is 3.83. The molecule has 0 fully saturated rings. The van der Waals surface area contributed by atoms with Crippen LogP contribution in [0, 0.1) is 0 Å². The van der Waals surface area contributed by atoms with E-state index in [0.717, 1.165) is 18.6 Å². The van der Waals surface area contributed by atoms with E-state index < -0.39 is 0 Å². The Morgan fingerprint density at radius 2 is 1.36 bits per heavy atom. The van der Waals surface area contributed by atoms with Crippen LogP contribution in [-0.2, 0) is 19.9 Å². The molecule has 0 aliphatic carbocycles. The second-order valence-corrected chi connectivity index (χ2v) is 7.07. The summed E-state index contributed by atoms with van der Waals surface area (Å²) >= 11 is 0. The summed E-state index contributed by atoms with van der Waals surface area (Å²) in [6.07, 6.45) is 4.32. The molecule has 1 aromatic heterocycles. The Hall–Kier alpha value is -3.26. The Labute approximate surface area is 167 Å². The number of rotatable bonds is 6. The van der Waals surface area contributed by atoms with Gasteiger partial charge in [0.05, 0.1) is 12.8 Å². The van der Waals surface area contributed by atoms with Gasteiger partial charge in [0.2, 0.25) is 0 Å². The molecule has 4 rings (SSSR count). The standard InChI is InChI=1S/C26H25NO/c1-27-19-23(14-13-20-9-5-3-6-10-20)25(21-15-17-24(28-2)18-16-21)26(27)22-11-7-4-8-12-22/h3-12,15-19H,13-14H2,1-2H3. The lowest BCUT2D eigenvalue weighted by molar-refractivity contribution is 0.415. The molecule has 140 valence electrons. The Kier molecular flexibility index (Phi) is 5.29. The van der Waals surface area contributed by atoms with Crippen LogP contribution >= 0.6 is 0 Å². The zero-order valence-corrected chi connectivity index (χ0v) is 16.4. The number of nitrogens with zero attached hydrogens (tertiary/aromatic N) is 1. The zero-order chi connectivity index (χ0) is 19.3. The molecule has 3 aromatic carbocycles. The van der Waals surface area contributed by atoms with Crippen LogP contribution in [0.5, 0.6) is 5.75 Å². The second kappa shape index (κ2) is 8.18. The molecule has 0 amide bonds. The highest BCUT2D eigenvalue weighted by Gasteiger charge is 2.17. The first-order chi connectivity index (χ1) is 13.8. The second-order valence-electron chi connectivity index (χ2n) is 7.07. The highest BCUT2D eigenvalue weighted by Crippen LogP contribution is 2.37. The van der Waals surface area contributed by atoms with Crippen LogP contribution in [0.25, 0.3) is 22.4 Å². The number of methoxy groups -OCH3 is 1. The van der Waals surface area contributed by atoms with Crippen molar-refractivity contribution in [3.8, 4) is 28.1 Å². The number of benzene rings is 3. The predicted octanol–water partition coefficient (Wildman–Crippen LogP) is 6.15. The van der Waals surface area contributed by atoms with Gasteiger partial charge in [-0.1, -0.05) is 72.8 Å². The Bertz CT molecular complexity index is 1030. The summed E-state index contributed by atoms with van der Waals surface area (Å²) in [6.45, 7) is 0. The first-order valence-corrected chi connectivity index (χ1v) is 9.68. The molecule has 2 nitrogen and oxygen atoms in total. The molecule has 28 heavy (non-hydrogen) atoms. The molecular formula is C26H25NO. The highest BCUT2D eigenvalue weighted by atomic mass is 16.5. The summed E-state index contributed by atoms with van der Waals surface area (Å²) in [6, 6.07) is 29.7. The SMILES string of the molecule is COc1ccc(-c2c(CCc3ccccc3)cn(C)c2-c2ccccc2)cc1. The van der Waals surface area contributed by atoms with Crippen molar-refractivity contribution in [2.24, 2.45) is 7.05 Å². The molecule has 4 aromatic rings. The fraction of sp³-hybridized carbons (Fsp3) is 0.154. The summed E-state index contributed by atoms with van der Waals surface area (Å²) < 4.78 is 7.61. The van der Waals surface area contributed by atoms with Gasteiger partial charge in [0.25, 0.3) is 0 Å². The van der Waals surface area contributed by atoms with Gasteiger partial charge in [0, 0.05) is 18.8 Å². The van der Waals surface area contributed by atoms with Crippen molar-refractivity contribution in [1.82, 2.24) is 4.57 Å². The molecule has 0 atom stereocenters. The van der Waals surface area contributed by atoms with E-state index in [4.69, 9.17) is 4.74 Å². The average Bonchev–Trinajstić information content (AvgIpc) is 3.09. The first kappa shape index (κ1) is 18.1. The van der Waals surface area contributed by atoms with E-state index in [9.17, 15) is 0 Å². The maximum atomic E-state index is 5.36. The largest absolute Gasteiger partial charge is 0.497 e. The topological polar surface area (TPSA) is 14.2 Å². The van der Waals surface area contributed by atoms with Gasteiger partial charge in [0.15, 0.2) is 0 Å². The van der Waals surface area contributed by atoms with Crippen LogP contribution in [0.1, 0.15) is 11.1 Å². The molecule has 0 unspecified atom stereocenters. The van der Waals surface area contributed by atoms with Gasteiger partial charge in [-0.15, -0.1) is 0 Å². The lowest BCUT2D eigenvalue weighted by atomic mass is 9.94. The van der Waals surface area contributed by atoms with Crippen LogP contribution in [0.2, 0.25) is 0 Å². The molecule has 0 saturated carbocycles. The molecule has 2 heteroatoms.